The van der Waals surface area contributed by atoms with Crippen LogP contribution in [0.15, 0.2) is 120 Å². The standard InChI is InChI=1S/C17H17.C13H10.C8H11.2ClH.Zr/c1-3-12-5-7-16-14(9-12)11-15-10-13(4-2)6-8-17(15)16;1-3-7-12(8-4-1)11-13-9-5-2-6-10-13;1-6-4-7(2)8(3)5-6;;;/h5-11H,3-4H2,1-2H3;1-10H;4,6H,1-3H3;2*1H;/q-1;;-1;;;+2/p-2. The molecule has 5 aromatic carbocycles. The van der Waals surface area contributed by atoms with E-state index in [1.807, 2.05) is 0 Å². The van der Waals surface area contributed by atoms with Crippen molar-refractivity contribution in [2.75, 3.05) is 0 Å². The van der Waals surface area contributed by atoms with Gasteiger partial charge < -0.3 is 24.8 Å². The number of aryl methyl sites for hydroxylation is 2. The van der Waals surface area contributed by atoms with Crippen molar-refractivity contribution in [1.82, 2.24) is 0 Å². The molecule has 0 saturated heterocycles. The average Bonchev–Trinajstić information content (AvgIpc) is 3.49. The Morgan fingerprint density at radius 2 is 1.15 bits per heavy atom. The van der Waals surface area contributed by atoms with E-state index in [-0.39, 0.29) is 24.8 Å². The van der Waals surface area contributed by atoms with Crippen molar-refractivity contribution in [3.05, 3.63) is 149 Å². The predicted octanol–water partition coefficient (Wildman–Crippen LogP) is 3.98. The second-order valence-corrected chi connectivity index (χ2v) is 11.4. The zero-order chi connectivity index (χ0) is 27.8. The number of fused-ring (bicyclic) bond motifs is 3. The molecule has 0 aromatic heterocycles. The minimum absolute atomic E-state index is 0. The first-order valence-corrected chi connectivity index (χ1v) is 15.2. The predicted molar refractivity (Wildman–Crippen MR) is 167 cm³/mol. The summed E-state index contributed by atoms with van der Waals surface area (Å²) in [4.78, 5) is 0. The summed E-state index contributed by atoms with van der Waals surface area (Å²) in [6.07, 6.45) is 7.74. The van der Waals surface area contributed by atoms with Crippen LogP contribution in [0.3, 0.4) is 0 Å². The molecule has 0 spiro atoms. The number of allylic oxidation sites excluding steroid dienone is 4. The Balaban J connectivity index is 0.000000223. The van der Waals surface area contributed by atoms with Gasteiger partial charge in [-0.15, -0.1) is 46.7 Å². The molecule has 0 fully saturated rings. The summed E-state index contributed by atoms with van der Waals surface area (Å²) in [5.41, 5.74) is 8.20. The van der Waals surface area contributed by atoms with E-state index in [0.29, 0.717) is 5.92 Å². The molecule has 3 heteroatoms. The van der Waals surface area contributed by atoms with Gasteiger partial charge in [0.15, 0.2) is 0 Å². The van der Waals surface area contributed by atoms with Crippen LogP contribution in [0.2, 0.25) is 0 Å². The van der Waals surface area contributed by atoms with Crippen LogP contribution >= 0.6 is 0 Å². The third-order valence-electron chi connectivity index (χ3n) is 7.31. The average molecular weight is 657 g/mol. The van der Waals surface area contributed by atoms with E-state index in [0.717, 1.165) is 12.8 Å². The zero-order valence-corrected chi connectivity index (χ0v) is 28.6. The summed E-state index contributed by atoms with van der Waals surface area (Å²) < 4.78 is 1.42. The first-order valence-electron chi connectivity index (χ1n) is 14.0. The summed E-state index contributed by atoms with van der Waals surface area (Å²) in [7, 11) is 0. The van der Waals surface area contributed by atoms with Crippen LogP contribution in [-0.2, 0) is 37.1 Å². The van der Waals surface area contributed by atoms with Crippen LogP contribution in [0.4, 0.5) is 0 Å². The Labute approximate surface area is 274 Å². The molecule has 0 bridgehead atoms. The van der Waals surface area contributed by atoms with Crippen molar-refractivity contribution in [1.29, 1.82) is 0 Å². The fourth-order valence-electron chi connectivity index (χ4n) is 4.93. The normalized spacial score (nSPS) is 13.5. The third kappa shape index (κ3) is 9.28. The van der Waals surface area contributed by atoms with Gasteiger partial charge in [0.2, 0.25) is 0 Å². The molecule has 0 heterocycles. The van der Waals surface area contributed by atoms with Gasteiger partial charge >= 0.3 is 99.2 Å². The van der Waals surface area contributed by atoms with Gasteiger partial charge in [-0.25, -0.2) is 11.1 Å². The fourth-order valence-corrected chi connectivity index (χ4v) is 5.75. The maximum absolute atomic E-state index is 3.29. The van der Waals surface area contributed by atoms with Crippen LogP contribution in [0, 0.1) is 12.0 Å². The van der Waals surface area contributed by atoms with Gasteiger partial charge in [0.25, 0.3) is 0 Å². The molecule has 210 valence electrons. The van der Waals surface area contributed by atoms with E-state index >= 15 is 0 Å². The Morgan fingerprint density at radius 3 is 1.46 bits per heavy atom. The van der Waals surface area contributed by atoms with Crippen molar-refractivity contribution in [2.24, 2.45) is 5.92 Å². The van der Waals surface area contributed by atoms with Crippen molar-refractivity contribution in [3.63, 3.8) is 0 Å². The molecule has 1 atom stereocenters. The number of hydrogen-bond acceptors (Lipinski definition) is 0. The Bertz CT molecular complexity index is 1490. The van der Waals surface area contributed by atoms with Crippen LogP contribution in [0.1, 0.15) is 56.9 Å². The van der Waals surface area contributed by atoms with Crippen molar-refractivity contribution >= 4 is 24.8 Å². The summed E-state index contributed by atoms with van der Waals surface area (Å²) in [5.74, 6) is 0.551. The van der Waals surface area contributed by atoms with E-state index in [2.05, 4.69) is 150 Å². The second kappa shape index (κ2) is 16.9. The van der Waals surface area contributed by atoms with Crippen LogP contribution in [-0.4, -0.2) is 3.21 Å². The molecule has 0 aliphatic heterocycles. The fraction of sp³-hybridized carbons (Fsp3) is 0.211. The molecule has 6 rings (SSSR count). The van der Waals surface area contributed by atoms with Gasteiger partial charge in [-0.1, -0.05) is 69.0 Å². The van der Waals surface area contributed by atoms with Crippen LogP contribution in [0.5, 0.6) is 0 Å². The molecular formula is C38H38Cl2Zr-2. The number of benzene rings is 4. The molecule has 0 radical (unpaired) electrons. The van der Waals surface area contributed by atoms with E-state index < -0.39 is 0 Å². The van der Waals surface area contributed by atoms with Crippen molar-refractivity contribution in [2.45, 2.75) is 47.5 Å². The van der Waals surface area contributed by atoms with E-state index in [1.54, 1.807) is 0 Å². The Morgan fingerprint density at radius 1 is 0.707 bits per heavy atom. The monoisotopic (exact) mass is 654 g/mol. The van der Waals surface area contributed by atoms with Gasteiger partial charge in [-0.3, -0.25) is 6.08 Å². The first-order chi connectivity index (χ1) is 18.9. The molecular weight excluding hydrogens is 619 g/mol. The number of halogens is 2. The quantitative estimate of drug-likeness (QED) is 0.257. The zero-order valence-electron chi connectivity index (χ0n) is 24.6. The second-order valence-electron chi connectivity index (χ2n) is 10.2. The Kier molecular flexibility index (Phi) is 14.3. The number of hydrogen-bond donors (Lipinski definition) is 0. The molecule has 1 unspecified atom stereocenters. The van der Waals surface area contributed by atoms with Gasteiger partial charge in [-0.05, 0) is 12.8 Å². The van der Waals surface area contributed by atoms with Gasteiger partial charge in [0.1, 0.15) is 0 Å². The van der Waals surface area contributed by atoms with Gasteiger partial charge in [0.05, 0.1) is 0 Å². The molecule has 0 N–H and O–H groups in total. The van der Waals surface area contributed by atoms with Crippen molar-refractivity contribution in [3.8, 4) is 0 Å². The summed E-state index contributed by atoms with van der Waals surface area (Å²) in [6, 6.07) is 37.1. The van der Waals surface area contributed by atoms with Gasteiger partial charge in [-0.2, -0.15) is 6.08 Å². The summed E-state index contributed by atoms with van der Waals surface area (Å²) in [5, 5.41) is 5.54. The Hall–Kier alpha value is -2.44. The number of rotatable bonds is 4. The molecule has 41 heavy (non-hydrogen) atoms. The molecule has 1 aliphatic rings. The topological polar surface area (TPSA) is 0 Å². The molecule has 5 aromatic rings. The minimum atomic E-state index is 0. The first kappa shape index (κ1) is 34.8. The summed E-state index contributed by atoms with van der Waals surface area (Å²) >= 11 is 1.46. The van der Waals surface area contributed by atoms with E-state index in [1.165, 1.54) is 82.4 Å². The summed E-state index contributed by atoms with van der Waals surface area (Å²) in [6.45, 7) is 10.8. The molecule has 0 amide bonds. The van der Waals surface area contributed by atoms with E-state index in [4.69, 9.17) is 0 Å². The molecule has 0 saturated carbocycles. The molecule has 0 nitrogen and oxygen atoms in total. The third-order valence-corrected chi connectivity index (χ3v) is 8.73. The maximum atomic E-state index is 3.29. The van der Waals surface area contributed by atoms with Crippen molar-refractivity contribution < 1.29 is 49.0 Å². The molecule has 1 aliphatic carbocycles. The van der Waals surface area contributed by atoms with Crippen LogP contribution in [0.25, 0.3) is 21.5 Å². The SMILES string of the molecule is CC1=[C-]C(C)C=C1C.CCc1ccc2c(c1)[cH-]c1cc(CC)ccc12.[Cl-].[Cl-].[Zr+2]=[C](c1ccccc1)c1ccccc1. The van der Waals surface area contributed by atoms with E-state index in [9.17, 15) is 0 Å². The van der Waals surface area contributed by atoms with Gasteiger partial charge in [0, 0.05) is 0 Å². The van der Waals surface area contributed by atoms with Crippen LogP contribution < -0.4 is 24.8 Å².